The number of pyridine rings is 2. The van der Waals surface area contributed by atoms with Crippen LogP contribution in [0.4, 0.5) is 4.39 Å². The van der Waals surface area contributed by atoms with E-state index in [-0.39, 0.29) is 107 Å². The number of Topliss-reactive ketones (excluding diaryl/α,β-unsaturated/α-hetero) is 3. The number of aromatic nitrogens is 2. The molecule has 0 saturated heterocycles. The highest BCUT2D eigenvalue weighted by atomic mass is 19.1. The average molecular weight is 997 g/mol. The molecule has 0 spiro atoms. The molecule has 3 aliphatic rings. The van der Waals surface area contributed by atoms with Crippen molar-refractivity contribution in [1.29, 1.82) is 0 Å². The summed E-state index contributed by atoms with van der Waals surface area (Å²) in [5.74, 6) is -4.63. The summed E-state index contributed by atoms with van der Waals surface area (Å²) in [5.41, 5.74) is 7.50. The zero-order chi connectivity index (χ0) is 51.5. The highest BCUT2D eigenvalue weighted by molar-refractivity contribution is 5.95. The van der Waals surface area contributed by atoms with E-state index in [0.717, 1.165) is 11.1 Å². The normalized spacial score (nSPS) is 16.8. The standard InChI is InChI=1S/C52H61FN6O13/c1-3-52(68)39-23-43-48-37(27-59(43)50(66)38(39)28-72-51(52)67)47-41(11-10-36-30(2)40(53)24-42(58-48)46(36)47)57-45(64)29-71-17-14-34(61)25-56-49(65)32(21-31-7-5-4-6-8-31)22-35(62)26-55-44(63)12-9-33(60)13-16-69-19-20-70-18-15-54/h4-8,23-24,32,41,68H,3,9-22,25-29,54H2,1-2H3,(H,55,63)(H,56,65)(H,57,64)/t32-,41+,52+/m1/s1. The molecule has 4 aromatic rings. The maximum Gasteiger partial charge on any atom is 0.343 e. The molecule has 1 aliphatic carbocycles. The number of amides is 3. The second-order valence-corrected chi connectivity index (χ2v) is 18.2. The molecule has 3 amide bonds. The Morgan fingerprint density at radius 1 is 0.889 bits per heavy atom. The number of benzene rings is 2. The van der Waals surface area contributed by atoms with Crippen molar-refractivity contribution < 1.29 is 62.0 Å². The molecule has 7 rings (SSSR count). The highest BCUT2D eigenvalue weighted by Crippen LogP contribution is 2.46. The lowest BCUT2D eigenvalue weighted by molar-refractivity contribution is -0.172. The van der Waals surface area contributed by atoms with Gasteiger partial charge in [0.2, 0.25) is 17.7 Å². The molecule has 2 aliphatic heterocycles. The number of aryl methyl sites for hydroxylation is 1. The lowest BCUT2D eigenvalue weighted by Crippen LogP contribution is -2.44. The van der Waals surface area contributed by atoms with Gasteiger partial charge in [0.15, 0.2) is 17.2 Å². The van der Waals surface area contributed by atoms with E-state index in [2.05, 4.69) is 16.0 Å². The van der Waals surface area contributed by atoms with Gasteiger partial charge in [-0.3, -0.25) is 33.6 Å². The molecule has 0 radical (unpaired) electrons. The number of esters is 1. The highest BCUT2D eigenvalue weighted by Gasteiger charge is 2.46. The summed E-state index contributed by atoms with van der Waals surface area (Å²) in [6.45, 7) is 3.52. The van der Waals surface area contributed by atoms with Crippen LogP contribution in [0, 0.1) is 18.7 Å². The molecule has 2 aromatic carbocycles. The Hall–Kier alpha value is -6.58. The number of carbonyl (C=O) groups excluding carboxylic acids is 7. The van der Waals surface area contributed by atoms with E-state index in [1.54, 1.807) is 32.0 Å². The molecule has 0 fully saturated rings. The first-order chi connectivity index (χ1) is 34.6. The Kier molecular flexibility index (Phi) is 17.9. The van der Waals surface area contributed by atoms with Gasteiger partial charge in [0, 0.05) is 67.1 Å². The number of cyclic esters (lactones) is 1. The minimum absolute atomic E-state index is 0.0194. The second-order valence-electron chi connectivity index (χ2n) is 18.2. The van der Waals surface area contributed by atoms with Crippen molar-refractivity contribution in [3.8, 4) is 11.4 Å². The third-order valence-electron chi connectivity index (χ3n) is 13.4. The van der Waals surface area contributed by atoms with Crippen LogP contribution in [0.1, 0.15) is 96.9 Å². The molecule has 3 atom stereocenters. The summed E-state index contributed by atoms with van der Waals surface area (Å²) in [5, 5.41) is 20.2. The van der Waals surface area contributed by atoms with Gasteiger partial charge >= 0.3 is 5.97 Å². The van der Waals surface area contributed by atoms with Gasteiger partial charge in [-0.15, -0.1) is 0 Å². The van der Waals surface area contributed by atoms with Crippen LogP contribution in [0.5, 0.6) is 0 Å². The number of ketones is 3. The predicted octanol–water partition coefficient (Wildman–Crippen LogP) is 2.39. The third-order valence-corrected chi connectivity index (χ3v) is 13.4. The minimum atomic E-state index is -2.04. The minimum Gasteiger partial charge on any atom is -0.458 e. The van der Waals surface area contributed by atoms with Gasteiger partial charge in [-0.1, -0.05) is 37.3 Å². The van der Waals surface area contributed by atoms with Gasteiger partial charge in [-0.25, -0.2) is 14.2 Å². The topological polar surface area (TPSA) is 274 Å². The fourth-order valence-corrected chi connectivity index (χ4v) is 9.46. The second kappa shape index (κ2) is 24.2. The van der Waals surface area contributed by atoms with Crippen molar-refractivity contribution in [3.63, 3.8) is 0 Å². The molecule has 0 saturated carbocycles. The van der Waals surface area contributed by atoms with Gasteiger partial charge in [0.25, 0.3) is 5.56 Å². The van der Waals surface area contributed by atoms with Crippen molar-refractivity contribution in [2.24, 2.45) is 11.7 Å². The van der Waals surface area contributed by atoms with Crippen molar-refractivity contribution >= 4 is 51.9 Å². The molecule has 0 bridgehead atoms. The number of nitrogens with zero attached hydrogens (tertiary/aromatic N) is 2. The van der Waals surface area contributed by atoms with E-state index in [0.29, 0.717) is 78.2 Å². The van der Waals surface area contributed by atoms with E-state index < -0.39 is 65.0 Å². The summed E-state index contributed by atoms with van der Waals surface area (Å²) in [6, 6.07) is 11.3. The number of halogens is 1. The third kappa shape index (κ3) is 12.4. The van der Waals surface area contributed by atoms with Crippen LogP contribution in [0.25, 0.3) is 22.3 Å². The molecule has 72 heavy (non-hydrogen) atoms. The number of carbonyl (C=O) groups is 7. The number of hydrogen-bond acceptors (Lipinski definition) is 15. The van der Waals surface area contributed by atoms with Crippen LogP contribution < -0.4 is 27.2 Å². The van der Waals surface area contributed by atoms with Gasteiger partial charge in [0.1, 0.15) is 24.8 Å². The number of aliphatic hydroxyl groups is 1. The zero-order valence-corrected chi connectivity index (χ0v) is 40.5. The lowest BCUT2D eigenvalue weighted by atomic mass is 9.81. The van der Waals surface area contributed by atoms with E-state index in [4.69, 9.17) is 29.7 Å². The van der Waals surface area contributed by atoms with Crippen LogP contribution in [0.2, 0.25) is 0 Å². The van der Waals surface area contributed by atoms with Crippen molar-refractivity contribution in [1.82, 2.24) is 25.5 Å². The molecule has 384 valence electrons. The number of nitrogens with one attached hydrogen (secondary N) is 3. The Bertz CT molecular complexity index is 2800. The molecular weight excluding hydrogens is 936 g/mol. The van der Waals surface area contributed by atoms with Crippen molar-refractivity contribution in [2.75, 3.05) is 59.3 Å². The van der Waals surface area contributed by atoms with Crippen LogP contribution in [0.3, 0.4) is 0 Å². The summed E-state index contributed by atoms with van der Waals surface area (Å²) in [4.78, 5) is 109. The van der Waals surface area contributed by atoms with E-state index in [1.165, 1.54) is 10.6 Å². The number of rotatable bonds is 27. The summed E-state index contributed by atoms with van der Waals surface area (Å²) >= 11 is 0. The molecule has 6 N–H and O–H groups in total. The maximum atomic E-state index is 15.4. The monoisotopic (exact) mass is 996 g/mol. The summed E-state index contributed by atoms with van der Waals surface area (Å²) < 4.78 is 38.2. The Balaban J connectivity index is 0.903. The van der Waals surface area contributed by atoms with Gasteiger partial charge < -0.3 is 50.3 Å². The Morgan fingerprint density at radius 3 is 2.36 bits per heavy atom. The summed E-state index contributed by atoms with van der Waals surface area (Å²) in [7, 11) is 0. The van der Waals surface area contributed by atoms with E-state index in [9.17, 15) is 43.5 Å². The van der Waals surface area contributed by atoms with E-state index >= 15 is 4.39 Å². The Morgan fingerprint density at radius 2 is 1.61 bits per heavy atom. The van der Waals surface area contributed by atoms with Gasteiger partial charge in [0.05, 0.1) is 81.2 Å². The molecule has 20 heteroatoms. The largest absolute Gasteiger partial charge is 0.458 e. The molecule has 4 heterocycles. The molecule has 2 aromatic heterocycles. The number of ether oxygens (including phenoxy) is 4. The maximum absolute atomic E-state index is 15.4. The first kappa shape index (κ1) is 53.2. The van der Waals surface area contributed by atoms with Crippen LogP contribution in [-0.2, 0) is 84.1 Å². The number of hydrogen-bond donors (Lipinski definition) is 5. The SMILES string of the molecule is CC[C@@]1(O)C(=O)OCc2c1cc1n(c2=O)Cc2c-1nc1cc(F)c(C)c3c1c2[C@@H](NC(=O)COCCC(=O)CNC(=O)[C@@H](CC(=O)CNC(=O)CCC(=O)CCOCCOCCN)Cc1ccccc1)CC3. The summed E-state index contributed by atoms with van der Waals surface area (Å²) in [6.07, 6.45) is 0.627. The molecular formula is C52H61FN6O13. The quantitative estimate of drug-likeness (QED) is 0.0373. The zero-order valence-electron chi connectivity index (χ0n) is 40.5. The predicted molar refractivity (Wildman–Crippen MR) is 258 cm³/mol. The fraction of sp³-hybridized carbons (Fsp3) is 0.481. The van der Waals surface area contributed by atoms with Crippen LogP contribution in [-0.4, -0.2) is 115 Å². The van der Waals surface area contributed by atoms with Crippen LogP contribution in [0.15, 0.2) is 47.3 Å². The number of fused-ring (bicyclic) bond motifs is 5. The van der Waals surface area contributed by atoms with Crippen molar-refractivity contribution in [3.05, 3.63) is 97.6 Å². The lowest BCUT2D eigenvalue weighted by Gasteiger charge is -2.31. The van der Waals surface area contributed by atoms with E-state index in [1.807, 2.05) is 18.2 Å². The smallest absolute Gasteiger partial charge is 0.343 e. The molecule has 0 unspecified atom stereocenters. The van der Waals surface area contributed by atoms with Gasteiger partial charge in [-0.2, -0.15) is 0 Å². The first-order valence-corrected chi connectivity index (χ1v) is 24.3. The van der Waals surface area contributed by atoms with Crippen molar-refractivity contribution in [2.45, 2.75) is 96.4 Å². The number of nitrogens with two attached hydrogens (primary N) is 1. The first-order valence-electron chi connectivity index (χ1n) is 24.3. The van der Waals surface area contributed by atoms with Gasteiger partial charge in [-0.05, 0) is 60.9 Å². The molecule has 19 nitrogen and oxygen atoms in total. The fourth-order valence-electron chi connectivity index (χ4n) is 9.46. The average Bonchev–Trinajstić information content (AvgIpc) is 3.74. The Labute approximate surface area is 414 Å². The van der Waals surface area contributed by atoms with Crippen LogP contribution >= 0.6 is 0 Å².